The number of aromatic nitrogens is 2. The van der Waals surface area contributed by atoms with Crippen LogP contribution in [0.2, 0.25) is 0 Å². The lowest BCUT2D eigenvalue weighted by Gasteiger charge is -2.06. The first-order valence-corrected chi connectivity index (χ1v) is 9.25. The number of methoxy groups -OCH3 is 1. The van der Waals surface area contributed by atoms with Gasteiger partial charge in [0.2, 0.25) is 0 Å². The minimum Gasteiger partial charge on any atom is -0.497 e. The van der Waals surface area contributed by atoms with Gasteiger partial charge in [0, 0.05) is 11.1 Å². The summed E-state index contributed by atoms with van der Waals surface area (Å²) in [5, 5.41) is 9.35. The van der Waals surface area contributed by atoms with Gasteiger partial charge in [-0.3, -0.25) is 9.93 Å². The van der Waals surface area contributed by atoms with Gasteiger partial charge in [0.15, 0.2) is 0 Å². The number of nitrogens with two attached hydrogens (primary N) is 2. The predicted molar refractivity (Wildman–Crippen MR) is 116 cm³/mol. The minimum absolute atomic E-state index is 0.0557. The molecule has 0 saturated heterocycles. The van der Waals surface area contributed by atoms with Crippen LogP contribution in [-0.4, -0.2) is 23.0 Å². The van der Waals surface area contributed by atoms with Crippen molar-refractivity contribution in [3.05, 3.63) is 78.0 Å². The third-order valence-electron chi connectivity index (χ3n) is 3.75. The van der Waals surface area contributed by atoms with E-state index in [1.54, 1.807) is 31.5 Å². The number of hydrogen-bond acceptors (Lipinski definition) is 6. The first-order chi connectivity index (χ1) is 13.4. The van der Waals surface area contributed by atoms with E-state index in [-0.39, 0.29) is 5.70 Å². The van der Waals surface area contributed by atoms with Gasteiger partial charge in [-0.05, 0) is 36.3 Å². The smallest absolute Gasteiger partial charge is 0.272 e. The molecule has 0 radical (unpaired) electrons. The van der Waals surface area contributed by atoms with Crippen LogP contribution in [0.1, 0.15) is 12.7 Å². The van der Waals surface area contributed by atoms with Crippen LogP contribution in [-0.2, 0) is 9.53 Å². The quantitative estimate of drug-likeness (QED) is 0.234. The summed E-state index contributed by atoms with van der Waals surface area (Å²) in [6, 6.07) is 7.34. The molecule has 1 amide bonds. The number of aromatic amines is 1. The summed E-state index contributed by atoms with van der Waals surface area (Å²) in [5.41, 5.74) is 9.06. The molecule has 1 heterocycles. The Kier molecular flexibility index (Phi) is 7.67. The molecule has 0 saturated carbocycles. The molecule has 28 heavy (non-hydrogen) atoms. The number of allylic oxidation sites excluding steroid dienone is 4. The maximum absolute atomic E-state index is 11.9. The van der Waals surface area contributed by atoms with Gasteiger partial charge in [0.05, 0.1) is 19.0 Å². The SMILES string of the molecule is C=C(/C=C\C=C(/C)c1ncc(-c2ccc(NC(=O)/C(N)=C/SN)cc2)[nH]1)OC. The van der Waals surface area contributed by atoms with Crippen LogP contribution in [0.15, 0.2) is 72.1 Å². The van der Waals surface area contributed by atoms with E-state index in [2.05, 4.69) is 21.9 Å². The van der Waals surface area contributed by atoms with E-state index < -0.39 is 5.91 Å². The Morgan fingerprint density at radius 3 is 2.71 bits per heavy atom. The zero-order valence-corrected chi connectivity index (χ0v) is 16.5. The number of benzene rings is 1. The molecule has 0 bridgehead atoms. The highest BCUT2D eigenvalue weighted by atomic mass is 32.2. The minimum atomic E-state index is -0.403. The van der Waals surface area contributed by atoms with Crippen LogP contribution < -0.4 is 16.2 Å². The fourth-order valence-corrected chi connectivity index (χ4v) is 2.43. The van der Waals surface area contributed by atoms with E-state index in [0.29, 0.717) is 11.4 Å². The Hall–Kier alpha value is -3.23. The van der Waals surface area contributed by atoms with Crippen molar-refractivity contribution in [3.63, 3.8) is 0 Å². The summed E-state index contributed by atoms with van der Waals surface area (Å²) in [7, 11) is 1.57. The topological polar surface area (TPSA) is 119 Å². The molecule has 0 atom stereocenters. The molecular formula is C20H23N5O2S. The van der Waals surface area contributed by atoms with Crippen molar-refractivity contribution in [1.82, 2.24) is 9.97 Å². The number of nitrogens with zero attached hydrogens (tertiary/aromatic N) is 1. The lowest BCUT2D eigenvalue weighted by Crippen LogP contribution is -2.19. The zero-order chi connectivity index (χ0) is 20.5. The van der Waals surface area contributed by atoms with Crippen LogP contribution >= 0.6 is 11.9 Å². The van der Waals surface area contributed by atoms with E-state index in [1.807, 2.05) is 31.2 Å². The lowest BCUT2D eigenvalue weighted by molar-refractivity contribution is -0.112. The fourth-order valence-electron chi connectivity index (χ4n) is 2.18. The van der Waals surface area contributed by atoms with Gasteiger partial charge < -0.3 is 20.8 Å². The molecular weight excluding hydrogens is 374 g/mol. The van der Waals surface area contributed by atoms with Crippen molar-refractivity contribution in [2.75, 3.05) is 12.4 Å². The second kappa shape index (κ2) is 10.2. The Balaban J connectivity index is 2.08. The highest BCUT2D eigenvalue weighted by Gasteiger charge is 2.07. The number of imidazole rings is 1. The molecule has 0 spiro atoms. The largest absolute Gasteiger partial charge is 0.497 e. The van der Waals surface area contributed by atoms with E-state index in [0.717, 1.165) is 34.6 Å². The van der Waals surface area contributed by atoms with E-state index >= 15 is 0 Å². The van der Waals surface area contributed by atoms with E-state index in [9.17, 15) is 4.79 Å². The first-order valence-electron chi connectivity index (χ1n) is 8.30. The fraction of sp³-hybridized carbons (Fsp3) is 0.100. The number of amides is 1. The van der Waals surface area contributed by atoms with Gasteiger partial charge in [-0.15, -0.1) is 0 Å². The molecule has 146 valence electrons. The number of carbonyl (C=O) groups is 1. The van der Waals surface area contributed by atoms with Gasteiger partial charge in [-0.25, -0.2) is 4.98 Å². The summed E-state index contributed by atoms with van der Waals surface area (Å²) < 4.78 is 4.98. The zero-order valence-electron chi connectivity index (χ0n) is 15.7. The van der Waals surface area contributed by atoms with E-state index in [4.69, 9.17) is 15.6 Å². The van der Waals surface area contributed by atoms with Gasteiger partial charge in [0.1, 0.15) is 17.3 Å². The average molecular weight is 398 g/mol. The molecule has 0 aliphatic carbocycles. The highest BCUT2D eigenvalue weighted by Crippen LogP contribution is 2.22. The number of nitrogens with one attached hydrogen (secondary N) is 2. The summed E-state index contributed by atoms with van der Waals surface area (Å²) in [4.78, 5) is 19.6. The first kappa shape index (κ1) is 21.1. The van der Waals surface area contributed by atoms with Crippen molar-refractivity contribution in [2.45, 2.75) is 6.92 Å². The maximum Gasteiger partial charge on any atom is 0.272 e. The van der Waals surface area contributed by atoms with Crippen molar-refractivity contribution in [3.8, 4) is 11.3 Å². The number of ether oxygens (including phenoxy) is 1. The van der Waals surface area contributed by atoms with Crippen LogP contribution in [0, 0.1) is 0 Å². The van der Waals surface area contributed by atoms with Crippen molar-refractivity contribution in [2.24, 2.45) is 10.9 Å². The molecule has 0 unspecified atom stereocenters. The number of carbonyl (C=O) groups excluding carboxylic acids is 1. The Morgan fingerprint density at radius 1 is 1.36 bits per heavy atom. The van der Waals surface area contributed by atoms with Gasteiger partial charge in [0.25, 0.3) is 5.91 Å². The van der Waals surface area contributed by atoms with Gasteiger partial charge in [-0.1, -0.05) is 42.8 Å². The van der Waals surface area contributed by atoms with Crippen LogP contribution in [0.4, 0.5) is 5.69 Å². The van der Waals surface area contributed by atoms with Crippen molar-refractivity contribution in [1.29, 1.82) is 0 Å². The average Bonchev–Trinajstić information content (AvgIpc) is 3.18. The molecule has 6 N–H and O–H groups in total. The molecule has 0 aliphatic heterocycles. The number of hydrogen-bond donors (Lipinski definition) is 4. The Labute approximate surface area is 168 Å². The number of H-pyrrole nitrogens is 1. The molecule has 2 rings (SSSR count). The Bertz CT molecular complexity index is 926. The molecule has 0 aliphatic rings. The third-order valence-corrected chi connectivity index (χ3v) is 4.14. The molecule has 7 nitrogen and oxygen atoms in total. The summed E-state index contributed by atoms with van der Waals surface area (Å²) in [5.74, 6) is 0.937. The lowest BCUT2D eigenvalue weighted by atomic mass is 10.1. The van der Waals surface area contributed by atoms with Gasteiger partial charge >= 0.3 is 0 Å². The summed E-state index contributed by atoms with van der Waals surface area (Å²) in [6.07, 6.45) is 7.30. The van der Waals surface area contributed by atoms with Crippen LogP contribution in [0.5, 0.6) is 0 Å². The van der Waals surface area contributed by atoms with Crippen LogP contribution in [0.25, 0.3) is 16.8 Å². The van der Waals surface area contributed by atoms with Crippen molar-refractivity contribution >= 4 is 29.1 Å². The van der Waals surface area contributed by atoms with E-state index in [1.165, 1.54) is 5.41 Å². The maximum atomic E-state index is 11.9. The monoisotopic (exact) mass is 397 g/mol. The molecule has 2 aromatic rings. The summed E-state index contributed by atoms with van der Waals surface area (Å²) >= 11 is 0.882. The number of anilines is 1. The third kappa shape index (κ3) is 5.90. The molecule has 1 aromatic heterocycles. The highest BCUT2D eigenvalue weighted by molar-refractivity contribution is 8.00. The molecule has 1 aromatic carbocycles. The standard InChI is InChI=1S/C20H23N5O2S/c1-13(5-4-6-14(2)27-3)19-23-11-18(25-19)15-7-9-16(10-8-15)24-20(26)17(21)12-28-22/h4-12H,2,21-22H2,1,3H3,(H,23,25)(H,24,26)/b6-4-,13-5+,17-12-. The molecule has 0 fully saturated rings. The summed E-state index contributed by atoms with van der Waals surface area (Å²) in [6.45, 7) is 5.68. The van der Waals surface area contributed by atoms with Crippen LogP contribution in [0.3, 0.4) is 0 Å². The van der Waals surface area contributed by atoms with Crippen molar-refractivity contribution < 1.29 is 9.53 Å². The number of rotatable bonds is 8. The predicted octanol–water partition coefficient (Wildman–Crippen LogP) is 3.54. The van der Waals surface area contributed by atoms with Gasteiger partial charge in [-0.2, -0.15) is 0 Å². The second-order valence-electron chi connectivity index (χ2n) is 5.77. The second-order valence-corrected chi connectivity index (χ2v) is 6.27. The Morgan fingerprint density at radius 2 is 2.07 bits per heavy atom. The normalized spacial score (nSPS) is 12.2. The molecule has 8 heteroatoms.